The van der Waals surface area contributed by atoms with Gasteiger partial charge in [0.1, 0.15) is 5.78 Å². The molecule has 2 saturated heterocycles. The molecule has 2 heterocycles. The second-order valence-corrected chi connectivity index (χ2v) is 15.3. The summed E-state index contributed by atoms with van der Waals surface area (Å²) in [6.45, 7) is 1.75. The van der Waals surface area contributed by atoms with Crippen molar-refractivity contribution in [2.24, 2.45) is 5.92 Å². The van der Waals surface area contributed by atoms with Gasteiger partial charge in [-0.1, -0.05) is 90.0 Å². The predicted octanol–water partition coefficient (Wildman–Crippen LogP) is 6.17. The van der Waals surface area contributed by atoms with Crippen molar-refractivity contribution in [3.05, 3.63) is 131 Å². The lowest BCUT2D eigenvalue weighted by Gasteiger charge is -2.51. The topological polar surface area (TPSA) is 91.8 Å². The number of nitrogens with zero attached hydrogens (tertiary/aromatic N) is 2. The van der Waals surface area contributed by atoms with E-state index in [4.69, 9.17) is 11.6 Å². The Morgan fingerprint density at radius 2 is 1.19 bits per heavy atom. The lowest BCUT2D eigenvalue weighted by molar-refractivity contribution is -0.132. The zero-order valence-electron chi connectivity index (χ0n) is 23.5. The molecule has 0 aromatic heterocycles. The number of halogens is 1. The maximum absolute atomic E-state index is 14.5. The normalized spacial score (nSPS) is 23.5. The standard InChI is InChI=1S/C33H31ClN2O5S2/c1-23-12-16-28(17-13-23)43(40,41)36-31(25-10-6-3-7-11-25)21-33(37)29-22-35(42(38,39)27-18-14-26(34)15-19-27)30(20-32(29)36)24-8-4-2-5-9-24/h2-19,29-32H,20-22H2,1H3. The van der Waals surface area contributed by atoms with E-state index in [0.717, 1.165) is 16.7 Å². The zero-order chi connectivity index (χ0) is 30.4. The van der Waals surface area contributed by atoms with Crippen molar-refractivity contribution in [3.63, 3.8) is 0 Å². The van der Waals surface area contributed by atoms with Crippen molar-refractivity contribution in [1.29, 1.82) is 0 Å². The Kier molecular flexibility index (Phi) is 8.04. The molecule has 0 N–H and O–H groups in total. The molecule has 0 saturated carbocycles. The molecule has 7 nitrogen and oxygen atoms in total. The first kappa shape index (κ1) is 29.7. The Hall–Kier alpha value is -3.34. The summed E-state index contributed by atoms with van der Waals surface area (Å²) in [7, 11) is -8.16. The van der Waals surface area contributed by atoms with E-state index in [0.29, 0.717) is 5.02 Å². The van der Waals surface area contributed by atoms with Gasteiger partial charge in [0.15, 0.2) is 0 Å². The molecule has 0 radical (unpaired) electrons. The van der Waals surface area contributed by atoms with Crippen LogP contribution >= 0.6 is 11.6 Å². The Morgan fingerprint density at radius 3 is 1.77 bits per heavy atom. The van der Waals surface area contributed by atoms with Gasteiger partial charge in [0, 0.05) is 29.9 Å². The van der Waals surface area contributed by atoms with E-state index < -0.39 is 44.1 Å². The van der Waals surface area contributed by atoms with Crippen LogP contribution in [0.4, 0.5) is 0 Å². The van der Waals surface area contributed by atoms with Crippen LogP contribution in [0.15, 0.2) is 119 Å². The number of carbonyl (C=O) groups is 1. The van der Waals surface area contributed by atoms with Crippen molar-refractivity contribution in [2.75, 3.05) is 6.54 Å². The molecule has 2 aliphatic rings. The molecule has 4 atom stereocenters. The summed E-state index contributed by atoms with van der Waals surface area (Å²) in [6.07, 6.45) is 0.0583. The molecule has 43 heavy (non-hydrogen) atoms. The van der Waals surface area contributed by atoms with E-state index in [1.54, 1.807) is 24.3 Å². The summed E-state index contributed by atoms with van der Waals surface area (Å²) >= 11 is 6.05. The molecule has 6 rings (SSSR count). The highest BCUT2D eigenvalue weighted by Crippen LogP contribution is 2.48. The lowest BCUT2D eigenvalue weighted by Crippen LogP contribution is -2.60. The van der Waals surface area contributed by atoms with Crippen molar-refractivity contribution < 1.29 is 21.6 Å². The van der Waals surface area contributed by atoms with E-state index in [-0.39, 0.29) is 35.0 Å². The smallest absolute Gasteiger partial charge is 0.243 e. The number of piperidine rings is 2. The van der Waals surface area contributed by atoms with Gasteiger partial charge in [-0.15, -0.1) is 0 Å². The third kappa shape index (κ3) is 5.56. The van der Waals surface area contributed by atoms with Gasteiger partial charge in [-0.25, -0.2) is 16.8 Å². The monoisotopic (exact) mass is 634 g/mol. The third-order valence-corrected chi connectivity index (χ3v) is 12.6. The number of hydrogen-bond donors (Lipinski definition) is 0. The van der Waals surface area contributed by atoms with Crippen molar-refractivity contribution in [3.8, 4) is 0 Å². The van der Waals surface area contributed by atoms with Gasteiger partial charge in [0.2, 0.25) is 20.0 Å². The number of Topliss-reactive ketones (excluding diaryl/α,β-unsaturated/α-hetero) is 1. The van der Waals surface area contributed by atoms with E-state index >= 15 is 0 Å². The summed E-state index contributed by atoms with van der Waals surface area (Å²) in [5.41, 5.74) is 2.37. The van der Waals surface area contributed by atoms with Crippen LogP contribution in [-0.2, 0) is 24.8 Å². The van der Waals surface area contributed by atoms with Gasteiger partial charge in [-0.2, -0.15) is 8.61 Å². The molecule has 0 spiro atoms. The van der Waals surface area contributed by atoms with E-state index in [1.165, 1.54) is 32.9 Å². The Labute approximate surface area is 257 Å². The Bertz CT molecular complexity index is 1830. The molecule has 4 unspecified atom stereocenters. The summed E-state index contributed by atoms with van der Waals surface area (Å²) in [5, 5.41) is 0.406. The number of aryl methyl sites for hydroxylation is 1. The maximum Gasteiger partial charge on any atom is 0.243 e. The Balaban J connectivity index is 1.50. The molecule has 0 aliphatic carbocycles. The number of fused-ring (bicyclic) bond motifs is 1. The molecule has 10 heteroatoms. The SMILES string of the molecule is Cc1ccc(S(=O)(=O)N2C(c3ccccc3)CC(=O)C3CN(S(=O)(=O)c4ccc(Cl)cc4)C(c4ccccc4)CC32)cc1. The van der Waals surface area contributed by atoms with E-state index in [2.05, 4.69) is 0 Å². The molecule has 4 aromatic rings. The summed E-state index contributed by atoms with van der Waals surface area (Å²) in [6, 6.07) is 28.8. The third-order valence-electron chi connectivity index (χ3n) is 8.48. The largest absolute Gasteiger partial charge is 0.299 e. The summed E-state index contributed by atoms with van der Waals surface area (Å²) < 4.78 is 60.1. The lowest BCUT2D eigenvalue weighted by atomic mass is 9.77. The van der Waals surface area contributed by atoms with Crippen LogP contribution in [0.3, 0.4) is 0 Å². The Morgan fingerprint density at radius 1 is 0.674 bits per heavy atom. The minimum atomic E-state index is -4.09. The average molecular weight is 635 g/mol. The molecule has 222 valence electrons. The minimum absolute atomic E-state index is 0.0545. The fourth-order valence-corrected chi connectivity index (χ4v) is 9.94. The van der Waals surface area contributed by atoms with Crippen LogP contribution in [-0.4, -0.2) is 43.8 Å². The number of hydrogen-bond acceptors (Lipinski definition) is 5. The van der Waals surface area contributed by atoms with Gasteiger partial charge in [-0.05, 0) is 60.9 Å². The van der Waals surface area contributed by atoms with E-state index in [1.807, 2.05) is 67.6 Å². The molecule has 2 aliphatic heterocycles. The van der Waals surface area contributed by atoms with Crippen LogP contribution in [0.5, 0.6) is 0 Å². The molecule has 2 fully saturated rings. The number of benzene rings is 4. The van der Waals surface area contributed by atoms with Crippen LogP contribution in [0.2, 0.25) is 5.02 Å². The van der Waals surface area contributed by atoms with Crippen LogP contribution in [0.25, 0.3) is 0 Å². The first-order chi connectivity index (χ1) is 20.6. The van der Waals surface area contributed by atoms with Gasteiger partial charge in [0.25, 0.3) is 0 Å². The number of rotatable bonds is 6. The van der Waals surface area contributed by atoms with Gasteiger partial charge >= 0.3 is 0 Å². The zero-order valence-corrected chi connectivity index (χ0v) is 25.8. The highest BCUT2D eigenvalue weighted by Gasteiger charge is 2.54. The number of ketones is 1. The van der Waals surface area contributed by atoms with Gasteiger partial charge < -0.3 is 0 Å². The number of sulfonamides is 2. The molecule has 0 bridgehead atoms. The minimum Gasteiger partial charge on any atom is -0.299 e. The molecular formula is C33H31ClN2O5S2. The molecule has 4 aromatic carbocycles. The first-order valence-electron chi connectivity index (χ1n) is 14.1. The molecule has 0 amide bonds. The van der Waals surface area contributed by atoms with Crippen molar-refractivity contribution in [2.45, 2.75) is 47.7 Å². The fourth-order valence-electron chi connectivity index (χ4n) is 6.32. The molecular weight excluding hydrogens is 604 g/mol. The van der Waals surface area contributed by atoms with Crippen LogP contribution in [0, 0.1) is 12.8 Å². The quantitative estimate of drug-likeness (QED) is 0.253. The maximum atomic E-state index is 14.5. The van der Waals surface area contributed by atoms with Crippen molar-refractivity contribution >= 4 is 37.4 Å². The second-order valence-electron chi connectivity index (χ2n) is 11.1. The summed E-state index contributed by atoms with van der Waals surface area (Å²) in [5.74, 6) is -1.00. The number of carbonyl (C=O) groups excluding carboxylic acids is 1. The van der Waals surface area contributed by atoms with Crippen LogP contribution < -0.4 is 0 Å². The highest BCUT2D eigenvalue weighted by atomic mass is 35.5. The van der Waals surface area contributed by atoms with Gasteiger partial charge in [0.05, 0.1) is 21.9 Å². The predicted molar refractivity (Wildman–Crippen MR) is 165 cm³/mol. The van der Waals surface area contributed by atoms with Crippen LogP contribution in [0.1, 0.15) is 41.6 Å². The van der Waals surface area contributed by atoms with Crippen molar-refractivity contribution in [1.82, 2.24) is 8.61 Å². The first-order valence-corrected chi connectivity index (χ1v) is 17.3. The fraction of sp³-hybridized carbons (Fsp3) is 0.242. The van der Waals surface area contributed by atoms with E-state index in [9.17, 15) is 21.6 Å². The second kappa shape index (κ2) is 11.6. The highest BCUT2D eigenvalue weighted by molar-refractivity contribution is 7.89. The summed E-state index contributed by atoms with van der Waals surface area (Å²) in [4.78, 5) is 14.1. The van der Waals surface area contributed by atoms with Gasteiger partial charge in [-0.3, -0.25) is 4.79 Å². The average Bonchev–Trinajstić information content (AvgIpc) is 3.01.